The van der Waals surface area contributed by atoms with Gasteiger partial charge in [-0.2, -0.15) is 0 Å². The van der Waals surface area contributed by atoms with Gasteiger partial charge in [0, 0.05) is 11.6 Å². The van der Waals surface area contributed by atoms with Crippen LogP contribution in [-0.2, 0) is 22.6 Å². The lowest BCUT2D eigenvalue weighted by atomic mass is 10.1. The predicted molar refractivity (Wildman–Crippen MR) is 116 cm³/mol. The molecule has 0 saturated carbocycles. The van der Waals surface area contributed by atoms with Crippen LogP contribution in [0.5, 0.6) is 5.75 Å². The van der Waals surface area contributed by atoms with E-state index in [1.807, 2.05) is 48.5 Å². The smallest absolute Gasteiger partial charge is 0.242 e. The molecule has 0 radical (unpaired) electrons. The first-order chi connectivity index (χ1) is 13.1. The van der Waals surface area contributed by atoms with Gasteiger partial charge in [-0.05, 0) is 35.7 Å². The number of halogens is 1. The van der Waals surface area contributed by atoms with Crippen molar-refractivity contribution >= 4 is 50.1 Å². The van der Waals surface area contributed by atoms with Gasteiger partial charge in [-0.25, -0.2) is 0 Å². The molecule has 7 heteroatoms. The van der Waals surface area contributed by atoms with Gasteiger partial charge in [-0.15, -0.1) is 0 Å². The summed E-state index contributed by atoms with van der Waals surface area (Å²) in [6.45, 7) is 1.45. The summed E-state index contributed by atoms with van der Waals surface area (Å²) >= 11 is 10.3. The van der Waals surface area contributed by atoms with Crippen molar-refractivity contribution < 1.29 is 14.3 Å². The summed E-state index contributed by atoms with van der Waals surface area (Å²) in [4.78, 5) is 14.3. The van der Waals surface area contributed by atoms with E-state index in [1.165, 1.54) is 11.8 Å². The molecule has 1 amide bonds. The molecule has 4 nitrogen and oxygen atoms in total. The molecule has 0 aromatic heterocycles. The van der Waals surface area contributed by atoms with Gasteiger partial charge in [0.25, 0.3) is 0 Å². The minimum absolute atomic E-state index is 0.0380. The predicted octanol–water partition coefficient (Wildman–Crippen LogP) is 4.45. The normalized spacial score (nSPS) is 16.8. The van der Waals surface area contributed by atoms with E-state index in [9.17, 15) is 4.79 Å². The summed E-state index contributed by atoms with van der Waals surface area (Å²) in [7, 11) is 1.62. The van der Waals surface area contributed by atoms with E-state index in [4.69, 9.17) is 21.7 Å². The Bertz CT molecular complexity index is 816. The average molecular weight is 466 g/mol. The van der Waals surface area contributed by atoms with Crippen LogP contribution in [0, 0.1) is 0 Å². The second-order valence-corrected chi connectivity index (χ2v) is 8.84. The molecule has 1 fully saturated rings. The third-order valence-electron chi connectivity index (χ3n) is 4.19. The van der Waals surface area contributed by atoms with Gasteiger partial charge in [0.15, 0.2) is 0 Å². The molecule has 0 bridgehead atoms. The van der Waals surface area contributed by atoms with Crippen LogP contribution in [0.15, 0.2) is 53.0 Å². The van der Waals surface area contributed by atoms with Crippen molar-refractivity contribution in [2.24, 2.45) is 0 Å². The van der Waals surface area contributed by atoms with Crippen LogP contribution in [0.4, 0.5) is 0 Å². The minimum Gasteiger partial charge on any atom is -0.489 e. The van der Waals surface area contributed by atoms with E-state index >= 15 is 0 Å². The Morgan fingerprint density at radius 1 is 1.22 bits per heavy atom. The first-order valence-electron chi connectivity index (χ1n) is 8.54. The Balaban J connectivity index is 1.71. The van der Waals surface area contributed by atoms with Gasteiger partial charge < -0.3 is 9.47 Å². The number of nitrogens with zero attached hydrogens (tertiary/aromatic N) is 1. The third-order valence-corrected chi connectivity index (χ3v) is 6.27. The number of benzene rings is 2. The van der Waals surface area contributed by atoms with Gasteiger partial charge in [0.05, 0.1) is 18.4 Å². The summed E-state index contributed by atoms with van der Waals surface area (Å²) in [5.74, 6) is 0.827. The maximum atomic E-state index is 12.7. The fraction of sp³-hybridized carbons (Fsp3) is 0.300. The first kappa shape index (κ1) is 20.3. The topological polar surface area (TPSA) is 38.8 Å². The van der Waals surface area contributed by atoms with Crippen molar-refractivity contribution in [3.05, 3.63) is 64.1 Å². The molecule has 0 spiro atoms. The lowest BCUT2D eigenvalue weighted by Crippen LogP contribution is -2.34. The molecule has 27 heavy (non-hydrogen) atoms. The second-order valence-electron chi connectivity index (χ2n) is 6.09. The number of hydrogen-bond donors (Lipinski definition) is 0. The van der Waals surface area contributed by atoms with Crippen molar-refractivity contribution in [3.8, 4) is 5.75 Å². The molecule has 1 atom stereocenters. The standard InChI is InChI=1S/C20H20BrNO3S2/c1-24-10-9-22-19(23)18(27-20(22)26)12-15-11-16(21)7-8-17(15)25-13-14-5-3-2-4-6-14/h2-8,11,18H,9-10,12-13H2,1H3/t18-/m1/s1. The van der Waals surface area contributed by atoms with E-state index in [-0.39, 0.29) is 11.2 Å². The molecule has 1 aliphatic rings. The van der Waals surface area contributed by atoms with Crippen molar-refractivity contribution in [2.75, 3.05) is 20.3 Å². The minimum atomic E-state index is -0.234. The Morgan fingerprint density at radius 3 is 2.74 bits per heavy atom. The average Bonchev–Trinajstić information content (AvgIpc) is 2.93. The van der Waals surface area contributed by atoms with Crippen LogP contribution < -0.4 is 4.74 Å². The number of hydrogen-bond acceptors (Lipinski definition) is 5. The highest BCUT2D eigenvalue weighted by molar-refractivity contribution is 9.10. The summed E-state index contributed by atoms with van der Waals surface area (Å²) in [6, 6.07) is 15.9. The Hall–Kier alpha value is -1.41. The molecule has 2 aromatic carbocycles. The van der Waals surface area contributed by atoms with E-state index in [0.717, 1.165) is 21.3 Å². The lowest BCUT2D eigenvalue weighted by Gasteiger charge is -2.16. The highest BCUT2D eigenvalue weighted by atomic mass is 79.9. The number of thiocarbonyl (C=S) groups is 1. The highest BCUT2D eigenvalue weighted by Crippen LogP contribution is 2.33. The van der Waals surface area contributed by atoms with Gasteiger partial charge >= 0.3 is 0 Å². The molecule has 1 heterocycles. The summed E-state index contributed by atoms with van der Waals surface area (Å²) < 4.78 is 12.7. The first-order valence-corrected chi connectivity index (χ1v) is 10.6. The number of carbonyl (C=O) groups excluding carboxylic acids is 1. The number of methoxy groups -OCH3 is 1. The molecule has 3 rings (SSSR count). The monoisotopic (exact) mass is 465 g/mol. The zero-order valence-electron chi connectivity index (χ0n) is 14.9. The van der Waals surface area contributed by atoms with Gasteiger partial charge in [0.1, 0.15) is 16.7 Å². The zero-order chi connectivity index (χ0) is 19.2. The zero-order valence-corrected chi connectivity index (χ0v) is 18.1. The van der Waals surface area contributed by atoms with E-state index in [2.05, 4.69) is 15.9 Å². The lowest BCUT2D eigenvalue weighted by molar-refractivity contribution is -0.126. The Morgan fingerprint density at radius 2 is 2.00 bits per heavy atom. The van der Waals surface area contributed by atoms with Crippen molar-refractivity contribution in [3.63, 3.8) is 0 Å². The molecule has 1 saturated heterocycles. The van der Waals surface area contributed by atoms with Crippen molar-refractivity contribution in [1.82, 2.24) is 4.90 Å². The molecule has 2 aromatic rings. The Labute approximate surface area is 177 Å². The largest absolute Gasteiger partial charge is 0.489 e. The van der Waals surface area contributed by atoms with Crippen LogP contribution in [0.2, 0.25) is 0 Å². The van der Waals surface area contributed by atoms with E-state index < -0.39 is 0 Å². The maximum Gasteiger partial charge on any atom is 0.242 e. The summed E-state index contributed by atoms with van der Waals surface area (Å²) in [5.41, 5.74) is 2.09. The van der Waals surface area contributed by atoms with Crippen LogP contribution in [0.1, 0.15) is 11.1 Å². The summed E-state index contributed by atoms with van der Waals surface area (Å²) in [5, 5.41) is -0.234. The fourth-order valence-corrected chi connectivity index (χ4v) is 4.78. The highest BCUT2D eigenvalue weighted by Gasteiger charge is 2.37. The van der Waals surface area contributed by atoms with Crippen molar-refractivity contribution in [1.29, 1.82) is 0 Å². The molecule has 0 unspecified atom stereocenters. The Kier molecular flexibility index (Phi) is 7.29. The molecule has 0 aliphatic carbocycles. The molecule has 0 N–H and O–H groups in total. The summed E-state index contributed by atoms with van der Waals surface area (Å²) in [6.07, 6.45) is 0.566. The van der Waals surface area contributed by atoms with Gasteiger partial charge in [-0.3, -0.25) is 9.69 Å². The molecule has 142 valence electrons. The third kappa shape index (κ3) is 5.31. The number of thioether (sulfide) groups is 1. The van der Waals surface area contributed by atoms with Crippen LogP contribution in [0.25, 0.3) is 0 Å². The van der Waals surface area contributed by atoms with Crippen LogP contribution in [0.3, 0.4) is 0 Å². The molecular weight excluding hydrogens is 446 g/mol. The number of rotatable bonds is 8. The van der Waals surface area contributed by atoms with Crippen LogP contribution in [-0.4, -0.2) is 40.6 Å². The number of ether oxygens (including phenoxy) is 2. The van der Waals surface area contributed by atoms with E-state index in [0.29, 0.717) is 30.5 Å². The quantitative estimate of drug-likeness (QED) is 0.538. The van der Waals surface area contributed by atoms with Crippen LogP contribution >= 0.6 is 39.9 Å². The molecule has 1 aliphatic heterocycles. The molecular formula is C20H20BrNO3S2. The number of carbonyl (C=O) groups is 1. The fourth-order valence-electron chi connectivity index (χ4n) is 2.80. The van der Waals surface area contributed by atoms with Gasteiger partial charge in [0.2, 0.25) is 5.91 Å². The number of amides is 1. The second kappa shape index (κ2) is 9.68. The SMILES string of the molecule is COCCN1C(=O)[C@@H](Cc2cc(Br)ccc2OCc2ccccc2)SC1=S. The van der Waals surface area contributed by atoms with E-state index in [1.54, 1.807) is 12.0 Å². The maximum absolute atomic E-state index is 12.7. The van der Waals surface area contributed by atoms with Crippen molar-refractivity contribution in [2.45, 2.75) is 18.3 Å². The van der Waals surface area contributed by atoms with Gasteiger partial charge in [-0.1, -0.05) is 70.2 Å².